The van der Waals surface area contributed by atoms with Gasteiger partial charge in [0.2, 0.25) is 0 Å². The lowest BCUT2D eigenvalue weighted by Crippen LogP contribution is -2.19. The number of rotatable bonds is 1. The summed E-state index contributed by atoms with van der Waals surface area (Å²) in [4.78, 5) is 4.59. The van der Waals surface area contributed by atoms with E-state index in [9.17, 15) is 0 Å². The van der Waals surface area contributed by atoms with Crippen LogP contribution in [0.15, 0.2) is 41.0 Å². The number of pyridine rings is 1. The number of hydrogen-bond acceptors (Lipinski definition) is 1. The Hall–Kier alpha value is -1.41. The number of aromatic nitrogens is 1. The molecule has 0 bridgehead atoms. The molecular formula is C20H22BrN. The summed E-state index contributed by atoms with van der Waals surface area (Å²) in [7, 11) is 0. The summed E-state index contributed by atoms with van der Waals surface area (Å²) >= 11 is 3.46. The maximum Gasteiger partial charge on any atom is 0.0671 e. The molecule has 114 valence electrons. The van der Waals surface area contributed by atoms with E-state index in [-0.39, 0.29) is 10.8 Å². The topological polar surface area (TPSA) is 12.9 Å². The van der Waals surface area contributed by atoms with Gasteiger partial charge in [0.05, 0.1) is 5.69 Å². The van der Waals surface area contributed by atoms with E-state index in [1.54, 1.807) is 0 Å². The summed E-state index contributed by atoms with van der Waals surface area (Å²) in [5, 5.41) is 0. The maximum absolute atomic E-state index is 4.59. The van der Waals surface area contributed by atoms with Crippen LogP contribution >= 0.6 is 15.9 Å². The van der Waals surface area contributed by atoms with E-state index in [2.05, 4.69) is 91.9 Å². The molecule has 0 aliphatic heterocycles. The van der Waals surface area contributed by atoms with Crippen LogP contribution in [0.1, 0.15) is 57.0 Å². The number of hydrogen-bond donors (Lipinski definition) is 0. The van der Waals surface area contributed by atoms with Crippen LogP contribution in [0, 0.1) is 0 Å². The lowest BCUT2D eigenvalue weighted by molar-refractivity contribution is 0.586. The zero-order valence-electron chi connectivity index (χ0n) is 13.9. The van der Waals surface area contributed by atoms with Gasteiger partial charge in [-0.05, 0) is 61.8 Å². The third-order valence-electron chi connectivity index (χ3n) is 4.57. The summed E-state index contributed by atoms with van der Waals surface area (Å²) in [6, 6.07) is 11.0. The Morgan fingerprint density at radius 3 is 2.36 bits per heavy atom. The number of nitrogens with zero attached hydrogens (tertiary/aromatic N) is 1. The molecule has 0 spiro atoms. The fourth-order valence-corrected chi connectivity index (χ4v) is 3.33. The molecular weight excluding hydrogens is 334 g/mol. The average molecular weight is 356 g/mol. The molecule has 1 aliphatic carbocycles. The zero-order chi connectivity index (χ0) is 16.1. The van der Waals surface area contributed by atoms with Crippen molar-refractivity contribution in [3.8, 4) is 0 Å². The first-order valence-electron chi connectivity index (χ1n) is 7.69. The molecule has 1 heterocycles. The highest BCUT2D eigenvalue weighted by Crippen LogP contribution is 2.47. The molecule has 0 unspecified atom stereocenters. The molecule has 0 saturated heterocycles. The summed E-state index contributed by atoms with van der Waals surface area (Å²) in [5.74, 6) is 0. The van der Waals surface area contributed by atoms with Gasteiger partial charge in [-0.25, -0.2) is 0 Å². The third kappa shape index (κ3) is 2.54. The summed E-state index contributed by atoms with van der Waals surface area (Å²) < 4.78 is 1.01. The van der Waals surface area contributed by atoms with Gasteiger partial charge < -0.3 is 0 Å². The van der Waals surface area contributed by atoms with Crippen LogP contribution in [-0.4, -0.2) is 4.98 Å². The van der Waals surface area contributed by atoms with Crippen molar-refractivity contribution in [2.24, 2.45) is 0 Å². The minimum absolute atomic E-state index is 0.0164. The van der Waals surface area contributed by atoms with Crippen molar-refractivity contribution in [1.82, 2.24) is 4.98 Å². The maximum atomic E-state index is 4.59. The average Bonchev–Trinajstić information content (AvgIpc) is 2.70. The van der Waals surface area contributed by atoms with E-state index in [0.29, 0.717) is 0 Å². The first kappa shape index (κ1) is 15.5. The molecule has 3 rings (SSSR count). The smallest absolute Gasteiger partial charge is 0.0671 e. The molecule has 0 fully saturated rings. The molecule has 1 aliphatic rings. The van der Waals surface area contributed by atoms with Crippen LogP contribution in [0.5, 0.6) is 0 Å². The third-order valence-corrected chi connectivity index (χ3v) is 5.04. The Balaban J connectivity index is 2.09. The van der Waals surface area contributed by atoms with Crippen molar-refractivity contribution >= 4 is 27.6 Å². The largest absolute Gasteiger partial charge is 0.255 e. The highest BCUT2D eigenvalue weighted by Gasteiger charge is 2.35. The second kappa shape index (κ2) is 5.06. The fraction of sp³-hybridized carbons (Fsp3) is 0.350. The SMILES string of the molecule is CC(C)(C)c1ccc2c(c1)C(C)(C)C(c1ccc(Br)cn1)=C2. The van der Waals surface area contributed by atoms with Gasteiger partial charge in [0.1, 0.15) is 0 Å². The highest BCUT2D eigenvalue weighted by molar-refractivity contribution is 9.10. The Labute approximate surface area is 141 Å². The van der Waals surface area contributed by atoms with Gasteiger partial charge >= 0.3 is 0 Å². The van der Waals surface area contributed by atoms with E-state index in [0.717, 1.165) is 10.2 Å². The quantitative estimate of drug-likeness (QED) is 0.613. The number of halogens is 1. The van der Waals surface area contributed by atoms with Gasteiger partial charge in [0.25, 0.3) is 0 Å². The van der Waals surface area contributed by atoms with Crippen molar-refractivity contribution in [2.45, 2.75) is 45.4 Å². The molecule has 1 aromatic carbocycles. The zero-order valence-corrected chi connectivity index (χ0v) is 15.5. The van der Waals surface area contributed by atoms with E-state index >= 15 is 0 Å². The highest BCUT2D eigenvalue weighted by atomic mass is 79.9. The Bertz CT molecular complexity index is 746. The van der Waals surface area contributed by atoms with E-state index in [4.69, 9.17) is 0 Å². The first-order chi connectivity index (χ1) is 10.2. The predicted octanol–water partition coefficient (Wildman–Crippen LogP) is 5.97. The normalized spacial score (nSPS) is 16.4. The molecule has 22 heavy (non-hydrogen) atoms. The second-order valence-electron chi connectivity index (χ2n) is 7.60. The second-order valence-corrected chi connectivity index (χ2v) is 8.51. The summed E-state index contributed by atoms with van der Waals surface area (Å²) in [5.41, 5.74) is 6.61. The van der Waals surface area contributed by atoms with Crippen molar-refractivity contribution in [3.05, 3.63) is 63.4 Å². The van der Waals surface area contributed by atoms with E-state index in [1.807, 2.05) is 6.20 Å². The van der Waals surface area contributed by atoms with Crippen LogP contribution in [0.25, 0.3) is 11.6 Å². The molecule has 0 radical (unpaired) electrons. The minimum Gasteiger partial charge on any atom is -0.255 e. The van der Waals surface area contributed by atoms with Crippen LogP contribution in [-0.2, 0) is 10.8 Å². The molecule has 2 heteroatoms. The van der Waals surface area contributed by atoms with Gasteiger partial charge in [-0.1, -0.05) is 52.8 Å². The Morgan fingerprint density at radius 1 is 1.05 bits per heavy atom. The Morgan fingerprint density at radius 2 is 1.77 bits per heavy atom. The van der Waals surface area contributed by atoms with Gasteiger partial charge in [-0.2, -0.15) is 0 Å². The molecule has 0 amide bonds. The fourth-order valence-electron chi connectivity index (χ4n) is 3.10. The van der Waals surface area contributed by atoms with Crippen molar-refractivity contribution in [2.75, 3.05) is 0 Å². The van der Waals surface area contributed by atoms with Gasteiger partial charge in [0, 0.05) is 16.1 Å². The Kier molecular flexibility index (Phi) is 3.56. The van der Waals surface area contributed by atoms with Gasteiger partial charge in [-0.15, -0.1) is 0 Å². The van der Waals surface area contributed by atoms with Gasteiger partial charge in [0.15, 0.2) is 0 Å². The monoisotopic (exact) mass is 355 g/mol. The predicted molar refractivity (Wildman–Crippen MR) is 98.0 cm³/mol. The lowest BCUT2D eigenvalue weighted by atomic mass is 9.77. The van der Waals surface area contributed by atoms with Crippen molar-refractivity contribution in [1.29, 1.82) is 0 Å². The molecule has 2 aromatic rings. The van der Waals surface area contributed by atoms with Crippen LogP contribution in [0.3, 0.4) is 0 Å². The van der Waals surface area contributed by atoms with Crippen LogP contribution in [0.2, 0.25) is 0 Å². The van der Waals surface area contributed by atoms with E-state index < -0.39 is 0 Å². The van der Waals surface area contributed by atoms with Crippen LogP contribution in [0.4, 0.5) is 0 Å². The molecule has 0 atom stereocenters. The van der Waals surface area contributed by atoms with Gasteiger partial charge in [-0.3, -0.25) is 4.98 Å². The summed E-state index contributed by atoms with van der Waals surface area (Å²) in [6.45, 7) is 11.4. The van der Waals surface area contributed by atoms with E-state index in [1.165, 1.54) is 22.3 Å². The number of benzene rings is 1. The van der Waals surface area contributed by atoms with Crippen molar-refractivity contribution in [3.63, 3.8) is 0 Å². The first-order valence-corrected chi connectivity index (χ1v) is 8.48. The molecule has 0 N–H and O–H groups in total. The van der Waals surface area contributed by atoms with Crippen molar-refractivity contribution < 1.29 is 0 Å². The number of fused-ring (bicyclic) bond motifs is 1. The molecule has 1 aromatic heterocycles. The molecule has 0 saturated carbocycles. The lowest BCUT2D eigenvalue weighted by Gasteiger charge is -2.27. The molecule has 1 nitrogen and oxygen atoms in total. The summed E-state index contributed by atoms with van der Waals surface area (Å²) in [6.07, 6.45) is 4.16. The minimum atomic E-state index is -0.0164. The standard InChI is InChI=1S/C20H22BrN/c1-19(2,3)14-7-6-13-10-17(20(4,5)16(13)11-14)18-9-8-15(21)12-22-18/h6-12H,1-5H3. The van der Waals surface area contributed by atoms with Crippen LogP contribution < -0.4 is 0 Å². The number of allylic oxidation sites excluding steroid dienone is 1.